The minimum absolute atomic E-state index is 0.0310. The Kier molecular flexibility index (Phi) is 6.84. The Morgan fingerprint density at radius 2 is 1.60 bits per heavy atom. The average Bonchev–Trinajstić information content (AvgIpc) is 2.94. The van der Waals surface area contributed by atoms with E-state index in [1.54, 1.807) is 27.7 Å². The van der Waals surface area contributed by atoms with E-state index < -0.39 is 23.2 Å². The Morgan fingerprint density at radius 3 is 2.03 bits per heavy atom. The van der Waals surface area contributed by atoms with Gasteiger partial charge in [0.05, 0.1) is 6.04 Å². The largest absolute Gasteiger partial charge is 0.480 e. The lowest BCUT2D eigenvalue weighted by atomic mass is 9.75. The molecule has 2 rings (SSSR count). The molecule has 2 atom stereocenters. The van der Waals surface area contributed by atoms with Crippen molar-refractivity contribution >= 4 is 18.0 Å². The highest BCUT2D eigenvalue weighted by molar-refractivity contribution is 5.86. The smallest absolute Gasteiger partial charge is 0.411 e. The molecule has 2 aliphatic rings. The van der Waals surface area contributed by atoms with Gasteiger partial charge in [-0.2, -0.15) is 0 Å². The van der Waals surface area contributed by atoms with Crippen LogP contribution in [0.15, 0.2) is 0 Å². The molecule has 0 bridgehead atoms. The van der Waals surface area contributed by atoms with Crippen LogP contribution in [0.4, 0.5) is 4.79 Å². The third-order valence-electron chi connectivity index (χ3n) is 6.54. The Balaban J connectivity index is 2.34. The minimum Gasteiger partial charge on any atom is -0.480 e. The number of ether oxygens (including phenoxy) is 1. The number of hydrogen-bond donors (Lipinski definition) is 1. The summed E-state index contributed by atoms with van der Waals surface area (Å²) in [5.41, 5.74) is -1.87. The summed E-state index contributed by atoms with van der Waals surface area (Å²) >= 11 is 0. The lowest BCUT2D eigenvalue weighted by molar-refractivity contribution is -0.148. The maximum atomic E-state index is 13.2. The van der Waals surface area contributed by atoms with Crippen molar-refractivity contribution in [3.8, 4) is 0 Å². The topological polar surface area (TPSA) is 87.2 Å². The van der Waals surface area contributed by atoms with E-state index in [-0.39, 0.29) is 42.3 Å². The summed E-state index contributed by atoms with van der Waals surface area (Å²) in [5.74, 6) is -1.23. The number of nitrogens with zero attached hydrogens (tertiary/aromatic N) is 2. The molecule has 1 heterocycles. The number of carbonyl (C=O) groups excluding carboxylic acids is 2. The summed E-state index contributed by atoms with van der Waals surface area (Å²) in [4.78, 5) is 41.5. The highest BCUT2D eigenvalue weighted by Gasteiger charge is 2.54. The number of hydrogen-bond acceptors (Lipinski definition) is 4. The summed E-state index contributed by atoms with van der Waals surface area (Å²) < 4.78 is 5.50. The first-order valence-electron chi connectivity index (χ1n) is 11.1. The van der Waals surface area contributed by atoms with Crippen molar-refractivity contribution in [1.82, 2.24) is 9.80 Å². The molecule has 30 heavy (non-hydrogen) atoms. The fraction of sp³-hybridized carbons (Fsp3) is 0.870. The summed E-state index contributed by atoms with van der Waals surface area (Å²) in [5, 5.41) is 9.96. The van der Waals surface area contributed by atoms with E-state index in [4.69, 9.17) is 4.74 Å². The molecular formula is C23H40N2O5. The van der Waals surface area contributed by atoms with Gasteiger partial charge in [-0.15, -0.1) is 0 Å². The Bertz CT molecular complexity index is 672. The number of rotatable bonds is 4. The average molecular weight is 425 g/mol. The molecule has 1 aliphatic heterocycles. The highest BCUT2D eigenvalue weighted by atomic mass is 16.6. The van der Waals surface area contributed by atoms with Crippen molar-refractivity contribution in [2.45, 2.75) is 111 Å². The normalized spacial score (nSPS) is 27.2. The van der Waals surface area contributed by atoms with E-state index in [1.807, 2.05) is 18.7 Å². The van der Waals surface area contributed by atoms with Crippen LogP contribution >= 0.6 is 0 Å². The molecule has 0 aromatic carbocycles. The van der Waals surface area contributed by atoms with E-state index in [0.29, 0.717) is 0 Å². The number of carboxylic acids is 1. The van der Waals surface area contributed by atoms with E-state index in [1.165, 1.54) is 4.90 Å². The highest BCUT2D eigenvalue weighted by Crippen LogP contribution is 2.41. The van der Waals surface area contributed by atoms with Crippen molar-refractivity contribution in [3.63, 3.8) is 0 Å². The zero-order valence-corrected chi connectivity index (χ0v) is 19.9. The zero-order chi connectivity index (χ0) is 23.1. The van der Waals surface area contributed by atoms with Crippen LogP contribution in [-0.2, 0) is 14.3 Å². The second-order valence-electron chi connectivity index (χ2n) is 11.3. The summed E-state index contributed by atoms with van der Waals surface area (Å²) in [7, 11) is 0. The van der Waals surface area contributed by atoms with Gasteiger partial charge in [0.1, 0.15) is 11.1 Å². The Hall–Kier alpha value is -1.79. The van der Waals surface area contributed by atoms with Crippen LogP contribution in [0.2, 0.25) is 0 Å². The molecule has 0 spiro atoms. The van der Waals surface area contributed by atoms with Gasteiger partial charge in [-0.25, -0.2) is 9.59 Å². The van der Waals surface area contributed by atoms with E-state index in [2.05, 4.69) is 13.8 Å². The zero-order valence-electron chi connectivity index (χ0n) is 19.9. The van der Waals surface area contributed by atoms with Gasteiger partial charge in [0.2, 0.25) is 5.91 Å². The predicted molar refractivity (Wildman–Crippen MR) is 115 cm³/mol. The fourth-order valence-corrected chi connectivity index (χ4v) is 4.65. The molecule has 7 heteroatoms. The third-order valence-corrected chi connectivity index (χ3v) is 6.54. The van der Waals surface area contributed by atoms with Gasteiger partial charge in [-0.3, -0.25) is 9.69 Å². The molecule has 1 saturated heterocycles. The van der Waals surface area contributed by atoms with Gasteiger partial charge in [0, 0.05) is 24.9 Å². The van der Waals surface area contributed by atoms with E-state index >= 15 is 0 Å². The first-order chi connectivity index (χ1) is 13.6. The molecule has 0 aromatic heterocycles. The minimum atomic E-state index is -1.41. The molecule has 1 aliphatic carbocycles. The third kappa shape index (κ3) is 5.27. The predicted octanol–water partition coefficient (Wildman–Crippen LogP) is 4.29. The summed E-state index contributed by atoms with van der Waals surface area (Å²) in [6, 6.07) is -0.255. The fourth-order valence-electron chi connectivity index (χ4n) is 4.65. The molecule has 2 fully saturated rings. The standard InChI is InChI=1S/C23H40N2O5/c1-15(2)18(26)25(16-9-11-22(6,7)12-10-16)17-13-23(8,19(27)28)24(14-17)20(29)30-21(3,4)5/h15-17H,9-14H2,1-8H3,(H,27,28)/t17-,23-/m0/s1. The first-order valence-corrected chi connectivity index (χ1v) is 11.1. The number of carboxylic acid groups (broad SMARTS) is 1. The van der Waals surface area contributed by atoms with Gasteiger partial charge in [0.25, 0.3) is 0 Å². The summed E-state index contributed by atoms with van der Waals surface area (Å²) in [6.45, 7) is 15.3. The van der Waals surface area contributed by atoms with Gasteiger partial charge >= 0.3 is 12.1 Å². The van der Waals surface area contributed by atoms with Crippen LogP contribution in [0.25, 0.3) is 0 Å². The van der Waals surface area contributed by atoms with Crippen molar-refractivity contribution in [2.24, 2.45) is 11.3 Å². The second kappa shape index (κ2) is 8.39. The van der Waals surface area contributed by atoms with Crippen LogP contribution in [-0.4, -0.2) is 62.6 Å². The number of carbonyl (C=O) groups is 3. The molecule has 0 aromatic rings. The number of likely N-dealkylation sites (tertiary alicyclic amines) is 1. The Labute approximate surface area is 181 Å². The molecule has 1 N–H and O–H groups in total. The monoisotopic (exact) mass is 424 g/mol. The van der Waals surface area contributed by atoms with Crippen LogP contribution in [0.3, 0.4) is 0 Å². The molecule has 1 saturated carbocycles. The maximum absolute atomic E-state index is 13.2. The molecular weight excluding hydrogens is 384 g/mol. The van der Waals surface area contributed by atoms with E-state index in [9.17, 15) is 19.5 Å². The van der Waals surface area contributed by atoms with Crippen molar-refractivity contribution in [1.29, 1.82) is 0 Å². The number of aliphatic carboxylic acids is 1. The molecule has 172 valence electrons. The summed E-state index contributed by atoms with van der Waals surface area (Å²) in [6.07, 6.45) is 3.42. The molecule has 2 amide bonds. The van der Waals surface area contributed by atoms with Crippen LogP contribution in [0, 0.1) is 11.3 Å². The molecule has 7 nitrogen and oxygen atoms in total. The molecule has 0 unspecified atom stereocenters. The lowest BCUT2D eigenvalue weighted by Gasteiger charge is -2.43. The van der Waals surface area contributed by atoms with Gasteiger partial charge in [0.15, 0.2) is 0 Å². The quantitative estimate of drug-likeness (QED) is 0.727. The second-order valence-corrected chi connectivity index (χ2v) is 11.3. The van der Waals surface area contributed by atoms with Crippen molar-refractivity contribution < 1.29 is 24.2 Å². The van der Waals surface area contributed by atoms with E-state index in [0.717, 1.165) is 25.7 Å². The number of amides is 2. The SMILES string of the molecule is CC(C)C(=O)N(C1CCC(C)(C)CC1)[C@@H]1CN(C(=O)OC(C)(C)C)[C@](C)(C(=O)O)C1. The first kappa shape index (κ1) is 24.5. The van der Waals surface area contributed by atoms with Gasteiger partial charge < -0.3 is 14.7 Å². The van der Waals surface area contributed by atoms with Gasteiger partial charge in [-0.05, 0) is 58.8 Å². The van der Waals surface area contributed by atoms with Gasteiger partial charge in [-0.1, -0.05) is 27.7 Å². The van der Waals surface area contributed by atoms with Crippen LogP contribution in [0.5, 0.6) is 0 Å². The van der Waals surface area contributed by atoms with Crippen LogP contribution < -0.4 is 0 Å². The van der Waals surface area contributed by atoms with Crippen molar-refractivity contribution in [3.05, 3.63) is 0 Å². The van der Waals surface area contributed by atoms with Crippen LogP contribution in [0.1, 0.15) is 87.5 Å². The van der Waals surface area contributed by atoms with Crippen molar-refractivity contribution in [2.75, 3.05) is 6.54 Å². The molecule has 0 radical (unpaired) electrons. The maximum Gasteiger partial charge on any atom is 0.411 e. The Morgan fingerprint density at radius 1 is 1.07 bits per heavy atom. The lowest BCUT2D eigenvalue weighted by Crippen LogP contribution is -2.52.